The minimum atomic E-state index is -0.697. The van der Waals surface area contributed by atoms with E-state index in [1.165, 1.54) is 11.3 Å². The fourth-order valence-electron chi connectivity index (χ4n) is 2.24. The van der Waals surface area contributed by atoms with Crippen molar-refractivity contribution in [1.82, 2.24) is 10.6 Å². The summed E-state index contributed by atoms with van der Waals surface area (Å²) in [6, 6.07) is 7.06. The maximum Gasteiger partial charge on any atom is 0.315 e. The minimum Gasteiger partial charge on any atom is -0.493 e. The van der Waals surface area contributed by atoms with Crippen LogP contribution in [-0.4, -0.2) is 31.9 Å². The second kappa shape index (κ2) is 8.56. The van der Waals surface area contributed by atoms with Gasteiger partial charge in [-0.1, -0.05) is 6.07 Å². The second-order valence-electron chi connectivity index (χ2n) is 5.24. The standard InChI is InChI=1S/C17H22N2O4S/c1-11-6-7-24-16(11)13(20)10-19-17(21)18-9-12-4-5-14(22-2)15(8-12)23-3/h4-8,13,20H,9-10H2,1-3H3,(H2,18,19,21). The smallest absolute Gasteiger partial charge is 0.315 e. The van der Waals surface area contributed by atoms with Crippen molar-refractivity contribution in [3.05, 3.63) is 45.6 Å². The van der Waals surface area contributed by atoms with Gasteiger partial charge in [0.05, 0.1) is 20.8 Å². The average molecular weight is 350 g/mol. The lowest BCUT2D eigenvalue weighted by molar-refractivity contribution is 0.176. The number of hydrogen-bond donors (Lipinski definition) is 3. The highest BCUT2D eigenvalue weighted by Crippen LogP contribution is 2.27. The molecule has 1 heterocycles. The van der Waals surface area contributed by atoms with E-state index in [0.717, 1.165) is 16.0 Å². The zero-order valence-corrected chi connectivity index (χ0v) is 14.8. The van der Waals surface area contributed by atoms with Gasteiger partial charge in [-0.3, -0.25) is 0 Å². The van der Waals surface area contributed by atoms with Gasteiger partial charge in [-0.15, -0.1) is 11.3 Å². The van der Waals surface area contributed by atoms with Crippen LogP contribution >= 0.6 is 11.3 Å². The van der Waals surface area contributed by atoms with E-state index in [9.17, 15) is 9.90 Å². The number of carbonyl (C=O) groups is 1. The number of hydrogen-bond acceptors (Lipinski definition) is 5. The molecule has 1 unspecified atom stereocenters. The number of benzene rings is 1. The van der Waals surface area contributed by atoms with Crippen LogP contribution in [0.1, 0.15) is 22.1 Å². The van der Waals surface area contributed by atoms with Crippen molar-refractivity contribution >= 4 is 17.4 Å². The summed E-state index contributed by atoms with van der Waals surface area (Å²) in [6.45, 7) is 2.45. The second-order valence-corrected chi connectivity index (χ2v) is 6.18. The van der Waals surface area contributed by atoms with Gasteiger partial charge in [-0.2, -0.15) is 0 Å². The van der Waals surface area contributed by atoms with Crippen LogP contribution in [0, 0.1) is 6.92 Å². The molecule has 7 heteroatoms. The van der Waals surface area contributed by atoms with Gasteiger partial charge in [-0.05, 0) is 41.6 Å². The zero-order chi connectivity index (χ0) is 17.5. The number of amides is 2. The Balaban J connectivity index is 1.82. The molecule has 0 saturated heterocycles. The lowest BCUT2D eigenvalue weighted by atomic mass is 10.2. The van der Waals surface area contributed by atoms with Crippen molar-refractivity contribution in [3.8, 4) is 11.5 Å². The number of aliphatic hydroxyl groups excluding tert-OH is 1. The molecule has 2 amide bonds. The fraction of sp³-hybridized carbons (Fsp3) is 0.353. The van der Waals surface area contributed by atoms with Crippen LogP contribution in [0.2, 0.25) is 0 Å². The molecule has 2 aromatic rings. The molecule has 0 aliphatic rings. The average Bonchev–Trinajstić information content (AvgIpc) is 3.03. The normalized spacial score (nSPS) is 11.7. The van der Waals surface area contributed by atoms with Gasteiger partial charge in [0.2, 0.25) is 0 Å². The first-order chi connectivity index (χ1) is 11.5. The Bertz CT molecular complexity index is 687. The van der Waals surface area contributed by atoms with Gasteiger partial charge in [-0.25, -0.2) is 4.79 Å². The van der Waals surface area contributed by atoms with Crippen molar-refractivity contribution < 1.29 is 19.4 Å². The monoisotopic (exact) mass is 350 g/mol. The van der Waals surface area contributed by atoms with Crippen molar-refractivity contribution in [2.45, 2.75) is 19.6 Å². The van der Waals surface area contributed by atoms with Crippen LogP contribution < -0.4 is 20.1 Å². The number of thiophene rings is 1. The number of methoxy groups -OCH3 is 2. The molecule has 0 aliphatic carbocycles. The highest BCUT2D eigenvalue weighted by molar-refractivity contribution is 7.10. The molecule has 1 aromatic carbocycles. The summed E-state index contributed by atoms with van der Waals surface area (Å²) >= 11 is 1.48. The molecular formula is C17H22N2O4S. The van der Waals surface area contributed by atoms with Gasteiger partial charge < -0.3 is 25.2 Å². The fourth-order valence-corrected chi connectivity index (χ4v) is 3.16. The number of aliphatic hydroxyl groups is 1. The Labute approximate surface area is 145 Å². The zero-order valence-electron chi connectivity index (χ0n) is 14.0. The van der Waals surface area contributed by atoms with Gasteiger partial charge >= 0.3 is 6.03 Å². The number of carbonyl (C=O) groups excluding carboxylic acids is 1. The molecule has 1 atom stereocenters. The summed E-state index contributed by atoms with van der Waals surface area (Å²) in [4.78, 5) is 12.7. The Morgan fingerprint density at radius 1 is 1.21 bits per heavy atom. The molecule has 0 aliphatic heterocycles. The first-order valence-corrected chi connectivity index (χ1v) is 8.37. The van der Waals surface area contributed by atoms with E-state index in [1.54, 1.807) is 20.3 Å². The Morgan fingerprint density at radius 3 is 2.58 bits per heavy atom. The van der Waals surface area contributed by atoms with Gasteiger partial charge in [0.25, 0.3) is 0 Å². The first kappa shape index (κ1) is 18.1. The Hall–Kier alpha value is -2.25. The summed E-state index contributed by atoms with van der Waals surface area (Å²) in [6.07, 6.45) is -0.697. The Kier molecular flexibility index (Phi) is 6.45. The predicted molar refractivity (Wildman–Crippen MR) is 93.8 cm³/mol. The highest BCUT2D eigenvalue weighted by atomic mass is 32.1. The maximum atomic E-state index is 11.9. The van der Waals surface area contributed by atoms with Crippen molar-refractivity contribution in [3.63, 3.8) is 0 Å². The lowest BCUT2D eigenvalue weighted by Crippen LogP contribution is -2.37. The SMILES string of the molecule is COc1ccc(CNC(=O)NCC(O)c2sccc2C)cc1OC. The summed E-state index contributed by atoms with van der Waals surface area (Å²) in [7, 11) is 3.14. The summed E-state index contributed by atoms with van der Waals surface area (Å²) in [5, 5.41) is 17.4. The Morgan fingerprint density at radius 2 is 1.96 bits per heavy atom. The molecule has 130 valence electrons. The lowest BCUT2D eigenvalue weighted by Gasteiger charge is -2.13. The summed E-state index contributed by atoms with van der Waals surface area (Å²) in [5.41, 5.74) is 1.91. The third kappa shape index (κ3) is 4.62. The minimum absolute atomic E-state index is 0.166. The van der Waals surface area contributed by atoms with Crippen LogP contribution in [0.15, 0.2) is 29.6 Å². The van der Waals surface area contributed by atoms with Gasteiger partial charge in [0, 0.05) is 11.4 Å². The molecule has 0 fully saturated rings. The van der Waals surface area contributed by atoms with E-state index in [2.05, 4.69) is 10.6 Å². The quantitative estimate of drug-likeness (QED) is 0.717. The number of aryl methyl sites for hydroxylation is 1. The number of nitrogens with one attached hydrogen (secondary N) is 2. The van der Waals surface area contributed by atoms with Gasteiger partial charge in [0.15, 0.2) is 11.5 Å². The topological polar surface area (TPSA) is 79.8 Å². The van der Waals surface area contributed by atoms with E-state index in [1.807, 2.05) is 30.5 Å². The van der Waals surface area contributed by atoms with Crippen molar-refractivity contribution in [2.75, 3.05) is 20.8 Å². The molecule has 24 heavy (non-hydrogen) atoms. The van der Waals surface area contributed by atoms with Crippen LogP contribution in [0.4, 0.5) is 4.79 Å². The van der Waals surface area contributed by atoms with Crippen LogP contribution in [0.25, 0.3) is 0 Å². The summed E-state index contributed by atoms with van der Waals surface area (Å²) in [5.74, 6) is 1.25. The number of ether oxygens (including phenoxy) is 2. The number of urea groups is 1. The maximum absolute atomic E-state index is 11.9. The van der Waals surface area contributed by atoms with Crippen LogP contribution in [0.3, 0.4) is 0 Å². The van der Waals surface area contributed by atoms with E-state index in [4.69, 9.17) is 9.47 Å². The highest BCUT2D eigenvalue weighted by Gasteiger charge is 2.13. The van der Waals surface area contributed by atoms with Crippen LogP contribution in [-0.2, 0) is 6.54 Å². The molecule has 3 N–H and O–H groups in total. The first-order valence-electron chi connectivity index (χ1n) is 7.49. The molecule has 6 nitrogen and oxygen atoms in total. The molecule has 1 aromatic heterocycles. The van der Waals surface area contributed by atoms with Crippen LogP contribution in [0.5, 0.6) is 11.5 Å². The van der Waals surface area contributed by atoms with Crippen molar-refractivity contribution in [2.24, 2.45) is 0 Å². The molecular weight excluding hydrogens is 328 g/mol. The van der Waals surface area contributed by atoms with E-state index in [-0.39, 0.29) is 12.6 Å². The largest absolute Gasteiger partial charge is 0.493 e. The molecule has 2 rings (SSSR count). The molecule has 0 radical (unpaired) electrons. The van der Waals surface area contributed by atoms with E-state index in [0.29, 0.717) is 18.0 Å². The molecule has 0 spiro atoms. The molecule has 0 bridgehead atoms. The van der Waals surface area contributed by atoms with Crippen molar-refractivity contribution in [1.29, 1.82) is 0 Å². The third-order valence-electron chi connectivity index (χ3n) is 3.56. The van der Waals surface area contributed by atoms with E-state index >= 15 is 0 Å². The summed E-state index contributed by atoms with van der Waals surface area (Å²) < 4.78 is 10.4. The predicted octanol–water partition coefficient (Wildman–Crippen LogP) is 2.61. The number of rotatable bonds is 7. The van der Waals surface area contributed by atoms with E-state index < -0.39 is 6.10 Å². The van der Waals surface area contributed by atoms with Gasteiger partial charge in [0.1, 0.15) is 6.10 Å². The third-order valence-corrected chi connectivity index (χ3v) is 4.68. The molecule has 0 saturated carbocycles.